The van der Waals surface area contributed by atoms with E-state index in [9.17, 15) is 8.78 Å². The van der Waals surface area contributed by atoms with Crippen LogP contribution in [0.2, 0.25) is 0 Å². The SMILES string of the molecule is CCCNC(CCC)c1ccc(-c2cccc(F)c2F)s1. The Morgan fingerprint density at radius 1 is 1.10 bits per heavy atom. The zero-order valence-corrected chi connectivity index (χ0v) is 13.3. The molecule has 21 heavy (non-hydrogen) atoms. The molecule has 114 valence electrons. The molecular formula is C17H21F2NS. The van der Waals surface area contributed by atoms with E-state index in [1.807, 2.05) is 12.1 Å². The van der Waals surface area contributed by atoms with E-state index in [0.29, 0.717) is 11.6 Å². The van der Waals surface area contributed by atoms with Gasteiger partial charge in [0.1, 0.15) is 0 Å². The van der Waals surface area contributed by atoms with E-state index in [2.05, 4.69) is 19.2 Å². The minimum Gasteiger partial charge on any atom is -0.309 e. The third kappa shape index (κ3) is 3.89. The number of rotatable bonds is 7. The predicted octanol–water partition coefficient (Wildman–Crippen LogP) is 5.53. The zero-order valence-electron chi connectivity index (χ0n) is 12.5. The van der Waals surface area contributed by atoms with Gasteiger partial charge in [-0.1, -0.05) is 32.4 Å². The van der Waals surface area contributed by atoms with E-state index in [0.717, 1.165) is 36.8 Å². The largest absolute Gasteiger partial charge is 0.309 e. The fourth-order valence-electron chi connectivity index (χ4n) is 2.33. The van der Waals surface area contributed by atoms with Gasteiger partial charge in [0.15, 0.2) is 11.6 Å². The maximum atomic E-state index is 13.9. The fourth-order valence-corrected chi connectivity index (χ4v) is 3.47. The normalized spacial score (nSPS) is 12.6. The topological polar surface area (TPSA) is 12.0 Å². The molecule has 2 aromatic rings. The third-order valence-corrected chi connectivity index (χ3v) is 4.64. The number of halogens is 2. The van der Waals surface area contributed by atoms with Crippen molar-refractivity contribution in [2.24, 2.45) is 0 Å². The van der Waals surface area contributed by atoms with Gasteiger partial charge >= 0.3 is 0 Å². The highest BCUT2D eigenvalue weighted by molar-refractivity contribution is 7.15. The standard InChI is InChI=1S/C17H21F2NS/c1-3-6-14(20-11-4-2)16-10-9-15(21-16)12-7-5-8-13(18)17(12)19/h5,7-10,14,20H,3-4,6,11H2,1-2H3. The molecule has 1 unspecified atom stereocenters. The van der Waals surface area contributed by atoms with Gasteiger partial charge in [-0.3, -0.25) is 0 Å². The second kappa shape index (κ2) is 7.66. The minimum absolute atomic E-state index is 0.297. The van der Waals surface area contributed by atoms with Crippen LogP contribution in [0.25, 0.3) is 10.4 Å². The quantitative estimate of drug-likeness (QED) is 0.708. The lowest BCUT2D eigenvalue weighted by Crippen LogP contribution is -2.21. The maximum absolute atomic E-state index is 13.9. The van der Waals surface area contributed by atoms with E-state index in [-0.39, 0.29) is 0 Å². The molecule has 0 saturated heterocycles. The highest BCUT2D eigenvalue weighted by Crippen LogP contribution is 2.34. The Labute approximate surface area is 129 Å². The Kier molecular flexibility index (Phi) is 5.88. The van der Waals surface area contributed by atoms with Gasteiger partial charge in [0, 0.05) is 21.4 Å². The molecule has 4 heteroatoms. The second-order valence-electron chi connectivity index (χ2n) is 5.10. The van der Waals surface area contributed by atoms with Crippen molar-refractivity contribution in [3.8, 4) is 10.4 Å². The van der Waals surface area contributed by atoms with Gasteiger partial charge in [0.25, 0.3) is 0 Å². The molecule has 1 atom stereocenters. The smallest absolute Gasteiger partial charge is 0.167 e. The molecule has 1 heterocycles. The molecule has 0 radical (unpaired) electrons. The van der Waals surface area contributed by atoms with Crippen LogP contribution in [0.4, 0.5) is 8.78 Å². The van der Waals surface area contributed by atoms with Crippen LogP contribution in [0.15, 0.2) is 30.3 Å². The van der Waals surface area contributed by atoms with Gasteiger partial charge in [-0.25, -0.2) is 8.78 Å². The van der Waals surface area contributed by atoms with Crippen LogP contribution in [-0.2, 0) is 0 Å². The van der Waals surface area contributed by atoms with E-state index in [4.69, 9.17) is 0 Å². The molecule has 0 bridgehead atoms. The number of benzene rings is 1. The summed E-state index contributed by atoms with van der Waals surface area (Å²) in [5.74, 6) is -1.56. The Balaban J connectivity index is 2.25. The Morgan fingerprint density at radius 3 is 2.62 bits per heavy atom. The van der Waals surface area contributed by atoms with Gasteiger partial charge in [0.2, 0.25) is 0 Å². The van der Waals surface area contributed by atoms with E-state index in [1.54, 1.807) is 12.1 Å². The van der Waals surface area contributed by atoms with Crippen molar-refractivity contribution in [3.05, 3.63) is 46.8 Å². The van der Waals surface area contributed by atoms with Crippen molar-refractivity contribution >= 4 is 11.3 Å². The molecule has 1 nitrogen and oxygen atoms in total. The van der Waals surface area contributed by atoms with Crippen molar-refractivity contribution < 1.29 is 8.78 Å². The summed E-state index contributed by atoms with van der Waals surface area (Å²) in [7, 11) is 0. The first kappa shape index (κ1) is 16.1. The molecule has 0 amide bonds. The third-order valence-electron chi connectivity index (χ3n) is 3.41. The average Bonchev–Trinajstić information content (AvgIpc) is 2.96. The van der Waals surface area contributed by atoms with Crippen molar-refractivity contribution in [1.82, 2.24) is 5.32 Å². The van der Waals surface area contributed by atoms with Crippen LogP contribution in [0.1, 0.15) is 44.0 Å². The van der Waals surface area contributed by atoms with Crippen LogP contribution in [0.3, 0.4) is 0 Å². The summed E-state index contributed by atoms with van der Waals surface area (Å²) in [6.07, 6.45) is 3.21. The Hall–Kier alpha value is -1.26. The highest BCUT2D eigenvalue weighted by atomic mass is 32.1. The number of nitrogens with one attached hydrogen (secondary N) is 1. The fraction of sp³-hybridized carbons (Fsp3) is 0.412. The lowest BCUT2D eigenvalue weighted by atomic mass is 10.1. The summed E-state index contributed by atoms with van der Waals surface area (Å²) in [6, 6.07) is 8.52. The monoisotopic (exact) mass is 309 g/mol. The minimum atomic E-state index is -0.795. The van der Waals surface area contributed by atoms with Crippen molar-refractivity contribution in [3.63, 3.8) is 0 Å². The summed E-state index contributed by atoms with van der Waals surface area (Å²) >= 11 is 1.54. The Morgan fingerprint density at radius 2 is 1.90 bits per heavy atom. The van der Waals surface area contributed by atoms with Gasteiger partial charge < -0.3 is 5.32 Å². The molecule has 1 N–H and O–H groups in total. The first-order valence-corrected chi connectivity index (χ1v) is 8.26. The number of hydrogen-bond donors (Lipinski definition) is 1. The van der Waals surface area contributed by atoms with E-state index < -0.39 is 11.6 Å². The number of hydrogen-bond acceptors (Lipinski definition) is 2. The first-order valence-electron chi connectivity index (χ1n) is 7.44. The molecule has 0 aliphatic carbocycles. The van der Waals surface area contributed by atoms with Gasteiger partial charge in [-0.15, -0.1) is 11.3 Å². The van der Waals surface area contributed by atoms with Crippen molar-refractivity contribution in [1.29, 1.82) is 0 Å². The van der Waals surface area contributed by atoms with E-state index in [1.165, 1.54) is 16.2 Å². The van der Waals surface area contributed by atoms with Crippen LogP contribution in [-0.4, -0.2) is 6.54 Å². The molecule has 0 aliphatic heterocycles. The van der Waals surface area contributed by atoms with Crippen LogP contribution in [0.5, 0.6) is 0 Å². The highest BCUT2D eigenvalue weighted by Gasteiger charge is 2.16. The number of thiophene rings is 1. The molecule has 1 aromatic heterocycles. The van der Waals surface area contributed by atoms with Crippen LogP contribution >= 0.6 is 11.3 Å². The molecule has 0 saturated carbocycles. The molecule has 2 rings (SSSR count). The van der Waals surface area contributed by atoms with Gasteiger partial charge in [-0.05, 0) is 37.6 Å². The Bertz CT molecular complexity index is 580. The van der Waals surface area contributed by atoms with Crippen molar-refractivity contribution in [2.75, 3.05) is 6.54 Å². The summed E-state index contributed by atoms with van der Waals surface area (Å²) in [5.41, 5.74) is 0.344. The van der Waals surface area contributed by atoms with Gasteiger partial charge in [0.05, 0.1) is 0 Å². The zero-order chi connectivity index (χ0) is 15.2. The van der Waals surface area contributed by atoms with E-state index >= 15 is 0 Å². The molecule has 0 fully saturated rings. The molecule has 1 aromatic carbocycles. The lowest BCUT2D eigenvalue weighted by Gasteiger charge is -2.16. The second-order valence-corrected chi connectivity index (χ2v) is 6.21. The summed E-state index contributed by atoms with van der Waals surface area (Å²) < 4.78 is 27.2. The lowest BCUT2D eigenvalue weighted by molar-refractivity contribution is 0.501. The summed E-state index contributed by atoms with van der Waals surface area (Å²) in [5, 5.41) is 3.52. The first-order chi connectivity index (χ1) is 10.2. The summed E-state index contributed by atoms with van der Waals surface area (Å²) in [4.78, 5) is 1.96. The molecular weight excluding hydrogens is 288 g/mol. The van der Waals surface area contributed by atoms with Gasteiger partial charge in [-0.2, -0.15) is 0 Å². The summed E-state index contributed by atoms with van der Waals surface area (Å²) in [6.45, 7) is 5.26. The predicted molar refractivity (Wildman–Crippen MR) is 85.6 cm³/mol. The molecule has 0 aliphatic rings. The maximum Gasteiger partial charge on any atom is 0.167 e. The van der Waals surface area contributed by atoms with Crippen LogP contribution < -0.4 is 5.32 Å². The average molecular weight is 309 g/mol. The molecule has 0 spiro atoms. The van der Waals surface area contributed by atoms with Crippen molar-refractivity contribution in [2.45, 2.75) is 39.2 Å². The van der Waals surface area contributed by atoms with Crippen LogP contribution in [0, 0.1) is 11.6 Å².